The van der Waals surface area contributed by atoms with E-state index in [0.29, 0.717) is 12.8 Å². The van der Waals surface area contributed by atoms with Crippen molar-refractivity contribution < 1.29 is 21.9 Å². The number of likely N-dealkylation sites (N-methyl/N-ethyl adjacent to an activating group) is 1. The van der Waals surface area contributed by atoms with E-state index in [-0.39, 0.29) is 30.9 Å². The molecule has 118 valence electrons. The second-order valence-electron chi connectivity index (χ2n) is 6.08. The molecule has 6 nitrogen and oxygen atoms in total. The summed E-state index contributed by atoms with van der Waals surface area (Å²) in [4.78, 5) is 0. The van der Waals surface area contributed by atoms with Gasteiger partial charge in [0, 0.05) is 13.6 Å². The van der Waals surface area contributed by atoms with E-state index in [1.54, 1.807) is 0 Å². The number of sulfone groups is 1. The van der Waals surface area contributed by atoms with Crippen molar-refractivity contribution in [2.75, 3.05) is 25.1 Å². The molecule has 1 aliphatic heterocycles. The van der Waals surface area contributed by atoms with Gasteiger partial charge in [-0.15, -0.1) is 0 Å². The fourth-order valence-corrected chi connectivity index (χ4v) is 6.67. The lowest BCUT2D eigenvalue weighted by Gasteiger charge is -2.32. The minimum Gasteiger partial charge on any atom is -0.389 e. The van der Waals surface area contributed by atoms with E-state index in [9.17, 15) is 21.9 Å². The van der Waals surface area contributed by atoms with Crippen molar-refractivity contribution >= 4 is 19.9 Å². The molecule has 0 aromatic carbocycles. The van der Waals surface area contributed by atoms with E-state index < -0.39 is 30.7 Å². The molecule has 2 fully saturated rings. The van der Waals surface area contributed by atoms with Crippen LogP contribution in [0.3, 0.4) is 0 Å². The Morgan fingerprint density at radius 3 is 2.20 bits per heavy atom. The van der Waals surface area contributed by atoms with Crippen LogP contribution in [0.5, 0.6) is 0 Å². The van der Waals surface area contributed by atoms with Crippen molar-refractivity contribution in [1.82, 2.24) is 4.31 Å². The highest BCUT2D eigenvalue weighted by molar-refractivity contribution is 7.92. The smallest absolute Gasteiger partial charge is 0.216 e. The molecule has 1 N–H and O–H groups in total. The van der Waals surface area contributed by atoms with E-state index in [4.69, 9.17) is 0 Å². The summed E-state index contributed by atoms with van der Waals surface area (Å²) in [6, 6.07) is 0. The third-order valence-corrected chi connectivity index (χ3v) is 8.44. The molecule has 0 aromatic rings. The van der Waals surface area contributed by atoms with Crippen molar-refractivity contribution in [3.63, 3.8) is 0 Å². The molecule has 0 atom stereocenters. The maximum atomic E-state index is 12.4. The number of nitrogens with zero attached hydrogens (tertiary/aromatic N) is 1. The monoisotopic (exact) mass is 325 g/mol. The van der Waals surface area contributed by atoms with Crippen LogP contribution in [0.25, 0.3) is 0 Å². The topological polar surface area (TPSA) is 91.8 Å². The van der Waals surface area contributed by atoms with Gasteiger partial charge in [0.25, 0.3) is 0 Å². The van der Waals surface area contributed by atoms with Crippen LogP contribution in [-0.2, 0) is 19.9 Å². The van der Waals surface area contributed by atoms with E-state index in [1.165, 1.54) is 11.4 Å². The van der Waals surface area contributed by atoms with Crippen molar-refractivity contribution in [3.05, 3.63) is 0 Å². The van der Waals surface area contributed by atoms with Gasteiger partial charge in [0.1, 0.15) is 9.84 Å². The number of rotatable bonds is 4. The molecule has 2 rings (SSSR count). The summed E-state index contributed by atoms with van der Waals surface area (Å²) >= 11 is 0. The molecule has 0 amide bonds. The maximum absolute atomic E-state index is 12.4. The summed E-state index contributed by atoms with van der Waals surface area (Å²) in [6.07, 6.45) is 3.43. The summed E-state index contributed by atoms with van der Waals surface area (Å²) in [5.74, 6) is -0.121. The molecular weight excluding hydrogens is 302 g/mol. The van der Waals surface area contributed by atoms with Gasteiger partial charge in [0.15, 0.2) is 0 Å². The van der Waals surface area contributed by atoms with Crippen LogP contribution >= 0.6 is 0 Å². The fraction of sp³-hybridized carbons (Fsp3) is 1.00. The molecule has 1 aliphatic carbocycles. The quantitative estimate of drug-likeness (QED) is 0.793. The Bertz CT molecular complexity index is 534. The van der Waals surface area contributed by atoms with Crippen LogP contribution in [0, 0.1) is 0 Å². The van der Waals surface area contributed by atoms with Gasteiger partial charge >= 0.3 is 0 Å². The Morgan fingerprint density at radius 1 is 1.20 bits per heavy atom. The van der Waals surface area contributed by atoms with Gasteiger partial charge in [-0.2, -0.15) is 0 Å². The number of sulfonamides is 1. The highest BCUT2D eigenvalue weighted by atomic mass is 32.2. The standard InChI is InChI=1S/C12H23NO5S2/c1-13(10-12(14)6-2-3-7-12)20(17,18)11-4-8-19(15,16)9-5-11/h11,14H,2-10H2,1H3. The van der Waals surface area contributed by atoms with Crippen LogP contribution in [0.1, 0.15) is 38.5 Å². The Labute approximate surface area is 121 Å². The summed E-state index contributed by atoms with van der Waals surface area (Å²) in [5, 5.41) is 9.67. The van der Waals surface area contributed by atoms with E-state index >= 15 is 0 Å². The zero-order valence-electron chi connectivity index (χ0n) is 11.8. The van der Waals surface area contributed by atoms with Crippen LogP contribution in [0.15, 0.2) is 0 Å². The van der Waals surface area contributed by atoms with Gasteiger partial charge in [0.05, 0.1) is 22.4 Å². The minimum absolute atomic E-state index is 0.0605. The third kappa shape index (κ3) is 3.52. The van der Waals surface area contributed by atoms with Gasteiger partial charge in [-0.3, -0.25) is 0 Å². The molecule has 0 aromatic heterocycles. The maximum Gasteiger partial charge on any atom is 0.216 e. The third-order valence-electron chi connectivity index (χ3n) is 4.41. The summed E-state index contributed by atoms with van der Waals surface area (Å²) < 4.78 is 48.9. The van der Waals surface area contributed by atoms with Crippen molar-refractivity contribution in [2.45, 2.75) is 49.4 Å². The Kier molecular flexibility index (Phi) is 4.49. The van der Waals surface area contributed by atoms with Crippen LogP contribution < -0.4 is 0 Å². The predicted octanol–water partition coefficient (Wildman–Crippen LogP) is 0.130. The normalized spacial score (nSPS) is 26.9. The summed E-state index contributed by atoms with van der Waals surface area (Å²) in [6.45, 7) is 0.110. The second-order valence-corrected chi connectivity index (χ2v) is 10.7. The molecule has 0 bridgehead atoms. The molecule has 0 radical (unpaired) electrons. The van der Waals surface area contributed by atoms with E-state index in [1.807, 2.05) is 0 Å². The molecular formula is C12H23NO5S2. The molecule has 2 aliphatic rings. The minimum atomic E-state index is -3.53. The highest BCUT2D eigenvalue weighted by Gasteiger charge is 2.39. The van der Waals surface area contributed by atoms with Gasteiger partial charge < -0.3 is 5.11 Å². The zero-order chi connectivity index (χ0) is 15.0. The first-order valence-corrected chi connectivity index (χ1v) is 10.4. The van der Waals surface area contributed by atoms with Gasteiger partial charge in [0.2, 0.25) is 10.0 Å². The van der Waals surface area contributed by atoms with Crippen molar-refractivity contribution in [1.29, 1.82) is 0 Å². The average molecular weight is 325 g/mol. The number of hydrogen-bond acceptors (Lipinski definition) is 5. The predicted molar refractivity (Wildman–Crippen MR) is 76.6 cm³/mol. The highest BCUT2D eigenvalue weighted by Crippen LogP contribution is 2.31. The second kappa shape index (κ2) is 5.55. The Hall–Kier alpha value is -0.180. The van der Waals surface area contributed by atoms with Crippen LogP contribution in [-0.4, -0.2) is 62.2 Å². The fourth-order valence-electron chi connectivity index (χ4n) is 3.12. The largest absolute Gasteiger partial charge is 0.389 e. The summed E-state index contributed by atoms with van der Waals surface area (Å²) in [7, 11) is -5.12. The average Bonchev–Trinajstić information content (AvgIpc) is 2.75. The van der Waals surface area contributed by atoms with E-state index in [0.717, 1.165) is 12.8 Å². The SMILES string of the molecule is CN(CC1(O)CCCC1)S(=O)(=O)C1CCS(=O)(=O)CC1. The number of hydrogen-bond donors (Lipinski definition) is 1. The van der Waals surface area contributed by atoms with Crippen molar-refractivity contribution in [3.8, 4) is 0 Å². The number of aliphatic hydroxyl groups is 1. The molecule has 1 saturated heterocycles. The van der Waals surface area contributed by atoms with Crippen molar-refractivity contribution in [2.24, 2.45) is 0 Å². The zero-order valence-corrected chi connectivity index (χ0v) is 13.4. The first-order chi connectivity index (χ1) is 9.15. The van der Waals surface area contributed by atoms with E-state index in [2.05, 4.69) is 0 Å². The molecule has 1 saturated carbocycles. The van der Waals surface area contributed by atoms with Gasteiger partial charge in [-0.05, 0) is 25.7 Å². The molecule has 1 heterocycles. The molecule has 0 unspecified atom stereocenters. The first kappa shape index (κ1) is 16.2. The lowest BCUT2D eigenvalue weighted by atomic mass is 10.0. The first-order valence-electron chi connectivity index (χ1n) is 7.03. The Balaban J connectivity index is 2.03. The summed E-state index contributed by atoms with van der Waals surface area (Å²) in [5.41, 5.74) is -0.914. The van der Waals surface area contributed by atoms with Crippen LogP contribution in [0.4, 0.5) is 0 Å². The Morgan fingerprint density at radius 2 is 1.70 bits per heavy atom. The lowest BCUT2D eigenvalue weighted by molar-refractivity contribution is 0.0331. The molecule has 20 heavy (non-hydrogen) atoms. The van der Waals surface area contributed by atoms with Crippen LogP contribution in [0.2, 0.25) is 0 Å². The molecule has 8 heteroatoms. The molecule has 0 spiro atoms. The lowest BCUT2D eigenvalue weighted by Crippen LogP contribution is -2.47. The van der Waals surface area contributed by atoms with Gasteiger partial charge in [-0.25, -0.2) is 21.1 Å². The van der Waals surface area contributed by atoms with Gasteiger partial charge in [-0.1, -0.05) is 12.8 Å².